The molecule has 464 valence electrons. The van der Waals surface area contributed by atoms with Gasteiger partial charge in [-0.3, -0.25) is 0 Å². The van der Waals surface area contributed by atoms with Crippen molar-refractivity contribution < 1.29 is 0 Å². The number of rotatable bonds is 9. The van der Waals surface area contributed by atoms with Gasteiger partial charge in [0.15, 0.2) is 0 Å². The van der Waals surface area contributed by atoms with E-state index >= 15 is 0 Å². The SMILES string of the molecule is Cc1cc(C)c(-c2cc3c4c(c2)N(c2c(-c5ccccc5)cc(C(C)(C)C)cc2-c2ccccc2)c2ccc(-c5cccc(C(C)(C)C)c5)cc2B4c2cc(-c4cccc(C(C)(C)C)c4)ccc2N3c2c(-c3ccccc3)cc(C(C)(C)C)cc2-c2ccccc2)c(C)c1. The number of aryl methyl sites for hydroxylation is 3. The second-order valence-electron chi connectivity index (χ2n) is 30.8. The third kappa shape index (κ3) is 11.2. The zero-order chi connectivity index (χ0) is 65.8. The standard InChI is InChI=1S/C91H87BN2/c1-58-46-59(2)84(60(3)47-58)69-52-82-85-83(53-69)94(87-76(63-34-24-18-25-35-63)56-73(91(13,14)15)57-77(87)64-36-26-19-27-37-64)81-45-43-68(66-39-29-41-71(49-66)89(7,8)9)51-79(81)92(85)78-50-67(65-38-28-40-70(48-65)88(4,5)6)42-44-80(78)93(82)86-74(61-30-20-16-21-31-61)54-72(90(10,11)12)55-75(86)62-32-22-17-23-33-62/h16-57H,1-15H3. The van der Waals surface area contributed by atoms with E-state index in [4.69, 9.17) is 0 Å². The molecule has 0 atom stereocenters. The van der Waals surface area contributed by atoms with Crippen LogP contribution in [0, 0.1) is 20.8 Å². The van der Waals surface area contributed by atoms with E-state index in [1.807, 2.05) is 0 Å². The Hall–Kier alpha value is -9.70. The van der Waals surface area contributed by atoms with Gasteiger partial charge in [-0.25, -0.2) is 0 Å². The fourth-order valence-electron chi connectivity index (χ4n) is 14.9. The van der Waals surface area contributed by atoms with Crippen molar-refractivity contribution >= 4 is 57.2 Å². The van der Waals surface area contributed by atoms with Crippen LogP contribution in [0.15, 0.2) is 255 Å². The first kappa shape index (κ1) is 61.8. The highest BCUT2D eigenvalue weighted by Crippen LogP contribution is 2.56. The Bertz CT molecular complexity index is 4470. The smallest absolute Gasteiger partial charge is 0.252 e. The molecule has 0 saturated carbocycles. The minimum absolute atomic E-state index is 0.0453. The average Bonchev–Trinajstić information content (AvgIpc) is 0.687. The third-order valence-electron chi connectivity index (χ3n) is 19.9. The molecule has 0 radical (unpaired) electrons. The van der Waals surface area contributed by atoms with Gasteiger partial charge in [-0.1, -0.05) is 295 Å². The maximum absolute atomic E-state index is 2.72. The summed E-state index contributed by atoms with van der Waals surface area (Å²) in [5, 5.41) is 0. The van der Waals surface area contributed by atoms with Crippen LogP contribution in [0.25, 0.3) is 77.9 Å². The summed E-state index contributed by atoms with van der Waals surface area (Å²) in [5.74, 6) is 0. The van der Waals surface area contributed by atoms with Gasteiger partial charge < -0.3 is 9.80 Å². The molecule has 0 unspecified atom stereocenters. The van der Waals surface area contributed by atoms with Crippen LogP contribution in [-0.2, 0) is 21.7 Å². The summed E-state index contributed by atoms with van der Waals surface area (Å²) in [7, 11) is 0. The highest BCUT2D eigenvalue weighted by atomic mass is 15.2. The summed E-state index contributed by atoms with van der Waals surface area (Å²) in [6.45, 7) is 34.7. The number of benzene rings is 12. The van der Waals surface area contributed by atoms with Crippen LogP contribution in [0.5, 0.6) is 0 Å². The first-order valence-corrected chi connectivity index (χ1v) is 33.8. The lowest BCUT2D eigenvalue weighted by Crippen LogP contribution is -2.61. The van der Waals surface area contributed by atoms with Crippen LogP contribution in [0.2, 0.25) is 0 Å². The quantitative estimate of drug-likeness (QED) is 0.133. The van der Waals surface area contributed by atoms with E-state index in [0.29, 0.717) is 0 Å². The fourth-order valence-corrected chi connectivity index (χ4v) is 14.9. The summed E-state index contributed by atoms with van der Waals surface area (Å²) < 4.78 is 0. The number of nitrogens with zero attached hydrogens (tertiary/aromatic N) is 2. The number of hydrogen-bond acceptors (Lipinski definition) is 2. The van der Waals surface area contributed by atoms with Crippen molar-refractivity contribution in [1.82, 2.24) is 0 Å². The lowest BCUT2D eigenvalue weighted by Gasteiger charge is -2.46. The zero-order valence-corrected chi connectivity index (χ0v) is 57.7. The summed E-state index contributed by atoms with van der Waals surface area (Å²) in [5.41, 5.74) is 35.9. The Morgan fingerprint density at radius 1 is 0.255 bits per heavy atom. The van der Waals surface area contributed by atoms with Gasteiger partial charge in [0.05, 0.1) is 11.4 Å². The third-order valence-corrected chi connectivity index (χ3v) is 19.9. The minimum Gasteiger partial charge on any atom is -0.310 e. The normalized spacial score (nSPS) is 13.0. The van der Waals surface area contributed by atoms with Gasteiger partial charge in [-0.15, -0.1) is 0 Å². The topological polar surface area (TPSA) is 6.48 Å². The lowest BCUT2D eigenvalue weighted by molar-refractivity contribution is 0.590. The molecule has 2 nitrogen and oxygen atoms in total. The molecule has 12 aromatic carbocycles. The first-order valence-electron chi connectivity index (χ1n) is 33.8. The van der Waals surface area contributed by atoms with Gasteiger partial charge in [0.2, 0.25) is 0 Å². The molecule has 2 heterocycles. The van der Waals surface area contributed by atoms with Crippen molar-refractivity contribution in [3.8, 4) is 77.9 Å². The second kappa shape index (κ2) is 23.4. The molecule has 94 heavy (non-hydrogen) atoms. The van der Waals surface area contributed by atoms with E-state index in [-0.39, 0.29) is 28.4 Å². The fraction of sp³-hybridized carbons (Fsp3) is 0.209. The van der Waals surface area contributed by atoms with E-state index in [1.54, 1.807) is 0 Å². The van der Waals surface area contributed by atoms with E-state index in [9.17, 15) is 0 Å². The maximum atomic E-state index is 2.72. The van der Waals surface area contributed by atoms with E-state index in [2.05, 4.69) is 368 Å². The monoisotopic (exact) mass is 1220 g/mol. The van der Waals surface area contributed by atoms with Crippen LogP contribution in [0.4, 0.5) is 34.1 Å². The van der Waals surface area contributed by atoms with E-state index in [0.717, 1.165) is 34.1 Å². The Balaban J connectivity index is 1.22. The molecule has 0 N–H and O–H groups in total. The summed E-state index contributed by atoms with van der Waals surface area (Å²) >= 11 is 0. The van der Waals surface area contributed by atoms with Gasteiger partial charge in [0, 0.05) is 45.0 Å². The molecular formula is C91H87BN2. The molecule has 2 aliphatic rings. The molecule has 2 aliphatic heterocycles. The summed E-state index contributed by atoms with van der Waals surface area (Å²) in [6.07, 6.45) is 0. The molecule has 0 saturated heterocycles. The average molecular weight is 1220 g/mol. The number of anilines is 6. The number of fused-ring (bicyclic) bond motifs is 4. The Morgan fingerprint density at radius 2 is 0.564 bits per heavy atom. The van der Waals surface area contributed by atoms with Crippen molar-refractivity contribution in [1.29, 1.82) is 0 Å². The van der Waals surface area contributed by atoms with Crippen LogP contribution < -0.4 is 26.2 Å². The van der Waals surface area contributed by atoms with E-state index in [1.165, 1.54) is 133 Å². The van der Waals surface area contributed by atoms with Crippen LogP contribution >= 0.6 is 0 Å². The predicted molar refractivity (Wildman–Crippen MR) is 408 cm³/mol. The first-order chi connectivity index (χ1) is 44.9. The minimum atomic E-state index is -0.225. The highest BCUT2D eigenvalue weighted by Gasteiger charge is 2.46. The van der Waals surface area contributed by atoms with Gasteiger partial charge in [-0.05, 0) is 196 Å². The molecule has 0 spiro atoms. The molecule has 14 rings (SSSR count). The van der Waals surface area contributed by atoms with Gasteiger partial charge in [-0.2, -0.15) is 0 Å². The van der Waals surface area contributed by atoms with Crippen molar-refractivity contribution in [3.05, 3.63) is 294 Å². The van der Waals surface area contributed by atoms with Crippen molar-refractivity contribution in [2.24, 2.45) is 0 Å². The lowest BCUT2D eigenvalue weighted by atomic mass is 9.33. The summed E-state index contributed by atoms with van der Waals surface area (Å²) in [4.78, 5) is 5.44. The highest BCUT2D eigenvalue weighted by molar-refractivity contribution is 7.00. The van der Waals surface area contributed by atoms with Crippen molar-refractivity contribution in [2.75, 3.05) is 9.80 Å². The van der Waals surface area contributed by atoms with Gasteiger partial charge in [0.25, 0.3) is 6.71 Å². The van der Waals surface area contributed by atoms with Crippen LogP contribution in [-0.4, -0.2) is 6.71 Å². The van der Waals surface area contributed by atoms with Gasteiger partial charge >= 0.3 is 0 Å². The van der Waals surface area contributed by atoms with Crippen LogP contribution in [0.1, 0.15) is 122 Å². The van der Waals surface area contributed by atoms with Crippen LogP contribution in [0.3, 0.4) is 0 Å². The zero-order valence-electron chi connectivity index (χ0n) is 57.7. The molecule has 12 aromatic rings. The molecular weight excluding hydrogens is 1130 g/mol. The molecule has 0 fully saturated rings. The largest absolute Gasteiger partial charge is 0.310 e. The Labute approximate surface area is 560 Å². The second-order valence-corrected chi connectivity index (χ2v) is 30.8. The molecule has 3 heteroatoms. The maximum Gasteiger partial charge on any atom is 0.252 e. The Morgan fingerprint density at radius 3 is 0.883 bits per heavy atom. The van der Waals surface area contributed by atoms with Gasteiger partial charge in [0.1, 0.15) is 0 Å². The molecule has 0 bridgehead atoms. The van der Waals surface area contributed by atoms with Crippen molar-refractivity contribution in [3.63, 3.8) is 0 Å². The Kier molecular flexibility index (Phi) is 15.4. The van der Waals surface area contributed by atoms with E-state index < -0.39 is 0 Å². The molecule has 0 amide bonds. The number of hydrogen-bond donors (Lipinski definition) is 0. The summed E-state index contributed by atoms with van der Waals surface area (Å²) in [6, 6.07) is 98.2. The molecule has 0 aromatic heterocycles. The molecule has 0 aliphatic carbocycles. The predicted octanol–water partition coefficient (Wildman–Crippen LogP) is 23.6. The van der Waals surface area contributed by atoms with Crippen molar-refractivity contribution in [2.45, 2.75) is 126 Å².